The molecule has 52 heavy (non-hydrogen) atoms. The number of amides is 4. The van der Waals surface area contributed by atoms with Crippen LogP contribution in [0.25, 0.3) is 0 Å². The molecule has 292 valence electrons. The second-order valence-corrected chi connectivity index (χ2v) is 15.5. The van der Waals surface area contributed by atoms with Gasteiger partial charge in [0, 0.05) is 33.7 Å². The van der Waals surface area contributed by atoms with Crippen molar-refractivity contribution < 1.29 is 38.2 Å². The molecule has 0 unspecified atom stereocenters. The average Bonchev–Trinajstić information content (AvgIpc) is 3.58. The molecular weight excluding hydrogens is 666 g/mol. The second-order valence-electron chi connectivity index (χ2n) is 15.5. The highest BCUT2D eigenvalue weighted by Gasteiger charge is 2.45. The molecule has 1 aliphatic carbocycles. The van der Waals surface area contributed by atoms with Gasteiger partial charge in [-0.25, -0.2) is 4.79 Å². The molecule has 13 nitrogen and oxygen atoms in total. The maximum atomic E-state index is 14.2. The number of carbonyl (C=O) groups excluding carboxylic acids is 5. The van der Waals surface area contributed by atoms with Crippen molar-refractivity contribution in [3.05, 3.63) is 35.4 Å². The van der Waals surface area contributed by atoms with Crippen LogP contribution in [0.3, 0.4) is 0 Å². The molecule has 4 N–H and O–H groups in total. The van der Waals surface area contributed by atoms with Gasteiger partial charge in [0.15, 0.2) is 0 Å². The van der Waals surface area contributed by atoms with Crippen molar-refractivity contribution >= 4 is 29.6 Å². The first-order chi connectivity index (χ1) is 24.4. The van der Waals surface area contributed by atoms with Crippen LogP contribution < -0.4 is 16.4 Å². The molecular formula is C39H63N5O8. The summed E-state index contributed by atoms with van der Waals surface area (Å²) in [4.78, 5) is 70.9. The van der Waals surface area contributed by atoms with Gasteiger partial charge in [-0.2, -0.15) is 0 Å². The van der Waals surface area contributed by atoms with Gasteiger partial charge in [0.2, 0.25) is 23.6 Å². The Labute approximate surface area is 310 Å². The van der Waals surface area contributed by atoms with E-state index in [4.69, 9.17) is 19.9 Å². The van der Waals surface area contributed by atoms with Crippen molar-refractivity contribution in [2.75, 3.05) is 34.9 Å². The van der Waals surface area contributed by atoms with Gasteiger partial charge in [0.1, 0.15) is 12.1 Å². The third-order valence-electron chi connectivity index (χ3n) is 11.1. The van der Waals surface area contributed by atoms with Crippen LogP contribution >= 0.6 is 0 Å². The average molecular weight is 730 g/mol. The van der Waals surface area contributed by atoms with E-state index < -0.39 is 59.7 Å². The summed E-state index contributed by atoms with van der Waals surface area (Å²) < 4.78 is 17.0. The third-order valence-corrected chi connectivity index (χ3v) is 11.1. The van der Waals surface area contributed by atoms with Crippen LogP contribution in [0.15, 0.2) is 24.3 Å². The number of ether oxygens (including phenoxy) is 3. The van der Waals surface area contributed by atoms with Gasteiger partial charge in [-0.15, -0.1) is 0 Å². The quantitative estimate of drug-likeness (QED) is 0.193. The Hall–Kier alpha value is -3.55. The number of carbonyl (C=O) groups is 5. The van der Waals surface area contributed by atoms with Crippen LogP contribution in [-0.4, -0.2) is 116 Å². The molecule has 2 aliphatic rings. The molecule has 9 atom stereocenters. The van der Waals surface area contributed by atoms with Gasteiger partial charge in [-0.3, -0.25) is 19.2 Å². The third kappa shape index (κ3) is 9.70. The summed E-state index contributed by atoms with van der Waals surface area (Å²) in [6.45, 7) is 13.2. The summed E-state index contributed by atoms with van der Waals surface area (Å²) >= 11 is 0. The van der Waals surface area contributed by atoms with Crippen molar-refractivity contribution in [3.63, 3.8) is 0 Å². The second kappa shape index (κ2) is 18.5. The summed E-state index contributed by atoms with van der Waals surface area (Å²) in [6, 6.07) is 5.30. The van der Waals surface area contributed by atoms with Gasteiger partial charge in [-0.1, -0.05) is 65.3 Å². The predicted octanol–water partition coefficient (Wildman–Crippen LogP) is 2.78. The zero-order valence-corrected chi connectivity index (χ0v) is 33.1. The molecule has 1 fully saturated rings. The fourth-order valence-corrected chi connectivity index (χ4v) is 7.70. The molecule has 3 rings (SSSR count). The molecule has 13 heteroatoms. The molecule has 1 saturated heterocycles. The number of nitrogens with zero attached hydrogens (tertiary/aromatic N) is 2. The molecule has 0 bridgehead atoms. The lowest BCUT2D eigenvalue weighted by atomic mass is 9.73. The smallest absolute Gasteiger partial charge is 0.329 e. The molecule has 4 amide bonds. The normalized spacial score (nSPS) is 21.1. The number of rotatable bonds is 18. The van der Waals surface area contributed by atoms with E-state index in [2.05, 4.69) is 10.6 Å². The minimum absolute atomic E-state index is 0.00330. The molecule has 0 radical (unpaired) electrons. The van der Waals surface area contributed by atoms with Gasteiger partial charge < -0.3 is 40.4 Å². The molecule has 0 spiro atoms. The Kier molecular flexibility index (Phi) is 15.2. The van der Waals surface area contributed by atoms with Crippen molar-refractivity contribution in [1.82, 2.24) is 20.4 Å². The first-order valence-electron chi connectivity index (χ1n) is 18.6. The zero-order valence-electron chi connectivity index (χ0n) is 33.1. The van der Waals surface area contributed by atoms with Crippen molar-refractivity contribution in [1.29, 1.82) is 0 Å². The fourth-order valence-electron chi connectivity index (χ4n) is 7.70. The Bertz CT molecular complexity index is 1410. The molecule has 1 heterocycles. The number of nitrogens with one attached hydrogen (secondary N) is 2. The van der Waals surface area contributed by atoms with E-state index in [0.29, 0.717) is 25.8 Å². The Morgan fingerprint density at radius 3 is 2.21 bits per heavy atom. The van der Waals surface area contributed by atoms with E-state index in [0.717, 1.165) is 17.5 Å². The van der Waals surface area contributed by atoms with Crippen molar-refractivity contribution in [2.45, 2.75) is 128 Å². The largest absolute Gasteiger partial charge is 0.467 e. The van der Waals surface area contributed by atoms with E-state index in [9.17, 15) is 24.0 Å². The number of benzene rings is 1. The first kappa shape index (κ1) is 42.9. The van der Waals surface area contributed by atoms with Gasteiger partial charge in [0.25, 0.3) is 0 Å². The van der Waals surface area contributed by atoms with Crippen LogP contribution in [0, 0.1) is 17.8 Å². The standard InChI is InChI=1S/C39H63N5O8/c1-12-23(4)33(43(8)36(47)31(22(2)3)42-38(49)39(6,7)40)29(50-9)21-30(45)44-19-15-18-28(44)34(51-10)24(5)35(46)41-32(37(48)52-11)27-20-25-16-13-14-17-26(25)27/h13-14,16-17,22-24,27-29,31-34H,12,15,18-21,40H2,1-11H3,(H,41,46)(H,42,49)/t23-,24+,27-,28-,29+,31-,32+,33-,34+/m0/s1. The highest BCUT2D eigenvalue weighted by Crippen LogP contribution is 2.38. The summed E-state index contributed by atoms with van der Waals surface area (Å²) in [6.07, 6.45) is 1.44. The van der Waals surface area contributed by atoms with Gasteiger partial charge in [-0.05, 0) is 56.1 Å². The summed E-state index contributed by atoms with van der Waals surface area (Å²) in [5.41, 5.74) is 7.01. The van der Waals surface area contributed by atoms with E-state index in [1.165, 1.54) is 21.3 Å². The number of likely N-dealkylation sites (tertiary alicyclic amines) is 1. The van der Waals surface area contributed by atoms with E-state index >= 15 is 0 Å². The lowest BCUT2D eigenvalue weighted by molar-refractivity contribution is -0.149. The van der Waals surface area contributed by atoms with Crippen molar-refractivity contribution in [3.8, 4) is 0 Å². The number of nitrogens with two attached hydrogens (primary N) is 1. The fraction of sp³-hybridized carbons (Fsp3) is 0.718. The topological polar surface area (TPSA) is 170 Å². The summed E-state index contributed by atoms with van der Waals surface area (Å²) in [5.74, 6) is -2.92. The lowest BCUT2D eigenvalue weighted by Gasteiger charge is -2.41. The monoisotopic (exact) mass is 729 g/mol. The van der Waals surface area contributed by atoms with Crippen LogP contribution in [0.2, 0.25) is 0 Å². The summed E-state index contributed by atoms with van der Waals surface area (Å²) in [7, 11) is 6.07. The number of fused-ring (bicyclic) bond motifs is 1. The van der Waals surface area contributed by atoms with Crippen LogP contribution in [0.4, 0.5) is 0 Å². The maximum Gasteiger partial charge on any atom is 0.329 e. The maximum absolute atomic E-state index is 14.2. The highest BCUT2D eigenvalue weighted by atomic mass is 16.5. The van der Waals surface area contributed by atoms with Crippen LogP contribution in [-0.2, 0) is 44.6 Å². The first-order valence-corrected chi connectivity index (χ1v) is 18.6. The number of hydrogen-bond donors (Lipinski definition) is 3. The Balaban J connectivity index is 1.78. The van der Waals surface area contributed by atoms with E-state index in [1.807, 2.05) is 52.0 Å². The minimum atomic E-state index is -1.17. The SMILES string of the molecule is CC[C@H](C)[C@@H]([C@@H](CC(=O)N1CCC[C@H]1[C@H](OC)[C@@H](C)C(=O)N[C@@H](C(=O)OC)[C@H]1Cc2ccccc21)OC)N(C)C(=O)[C@@H](NC(=O)C(C)(C)N)C(C)C. The number of likely N-dealkylation sites (N-methyl/N-ethyl adjacent to an activating group) is 1. The Morgan fingerprint density at radius 1 is 1.02 bits per heavy atom. The molecule has 0 saturated carbocycles. The highest BCUT2D eigenvalue weighted by molar-refractivity contribution is 5.92. The van der Waals surface area contributed by atoms with Crippen molar-refractivity contribution in [2.24, 2.45) is 23.5 Å². The molecule has 1 aromatic carbocycles. The van der Waals surface area contributed by atoms with Crippen LogP contribution in [0.5, 0.6) is 0 Å². The number of hydrogen-bond acceptors (Lipinski definition) is 9. The van der Waals surface area contributed by atoms with Crippen LogP contribution in [0.1, 0.15) is 91.2 Å². The summed E-state index contributed by atoms with van der Waals surface area (Å²) in [5, 5.41) is 5.77. The Morgan fingerprint density at radius 2 is 1.67 bits per heavy atom. The van der Waals surface area contributed by atoms with E-state index in [-0.39, 0.29) is 41.9 Å². The van der Waals surface area contributed by atoms with Gasteiger partial charge in [0.05, 0.1) is 49.3 Å². The van der Waals surface area contributed by atoms with E-state index in [1.54, 1.807) is 37.6 Å². The molecule has 0 aromatic heterocycles. The van der Waals surface area contributed by atoms with Gasteiger partial charge >= 0.3 is 5.97 Å². The number of esters is 1. The predicted molar refractivity (Wildman–Crippen MR) is 198 cm³/mol. The zero-order chi connectivity index (χ0) is 39.1. The molecule has 1 aromatic rings. The minimum Gasteiger partial charge on any atom is -0.467 e. The number of methoxy groups -OCH3 is 3. The molecule has 1 aliphatic heterocycles. The lowest BCUT2D eigenvalue weighted by Crippen LogP contribution is -2.60.